The van der Waals surface area contributed by atoms with Crippen LogP contribution in [-0.4, -0.2) is 55.2 Å². The molecule has 3 rings (SSSR count). The number of benzene rings is 1. The molecule has 20 heavy (non-hydrogen) atoms. The van der Waals surface area contributed by atoms with Crippen LogP contribution in [0.5, 0.6) is 0 Å². The van der Waals surface area contributed by atoms with Gasteiger partial charge in [-0.05, 0) is 37.6 Å². The van der Waals surface area contributed by atoms with Crippen molar-refractivity contribution in [2.75, 3.05) is 39.0 Å². The summed E-state index contributed by atoms with van der Waals surface area (Å²) >= 11 is 0. The minimum absolute atomic E-state index is 0.350. The zero-order valence-electron chi connectivity index (χ0n) is 12.3. The lowest BCUT2D eigenvalue weighted by Gasteiger charge is -2.34. The summed E-state index contributed by atoms with van der Waals surface area (Å²) in [6, 6.07) is 9.01. The van der Waals surface area contributed by atoms with Crippen LogP contribution < -0.4 is 5.73 Å². The molecule has 4 nitrogen and oxygen atoms in total. The average molecular weight is 275 g/mol. The molecule has 1 atom stereocenters. The van der Waals surface area contributed by atoms with Crippen LogP contribution in [-0.2, 0) is 11.3 Å². The fourth-order valence-corrected chi connectivity index (χ4v) is 2.88. The maximum Gasteiger partial charge on any atom is 0.0829 e. The third-order valence-corrected chi connectivity index (χ3v) is 4.21. The van der Waals surface area contributed by atoms with Gasteiger partial charge < -0.3 is 15.4 Å². The van der Waals surface area contributed by atoms with Gasteiger partial charge in [-0.2, -0.15) is 0 Å². The quantitative estimate of drug-likeness (QED) is 0.828. The molecule has 0 spiro atoms. The minimum Gasteiger partial charge on any atom is -0.399 e. The molecule has 0 aromatic heterocycles. The summed E-state index contributed by atoms with van der Waals surface area (Å²) in [6.45, 7) is 5.01. The second kappa shape index (κ2) is 6.12. The Morgan fingerprint density at radius 1 is 1.30 bits per heavy atom. The summed E-state index contributed by atoms with van der Waals surface area (Å²) in [7, 11) is 2.18. The van der Waals surface area contributed by atoms with Crippen LogP contribution in [0.4, 0.5) is 5.69 Å². The molecule has 0 amide bonds. The highest BCUT2D eigenvalue weighted by Gasteiger charge is 2.31. The van der Waals surface area contributed by atoms with Gasteiger partial charge in [-0.3, -0.25) is 4.90 Å². The molecule has 1 heterocycles. The van der Waals surface area contributed by atoms with Crippen LogP contribution in [0.2, 0.25) is 0 Å². The van der Waals surface area contributed by atoms with Crippen LogP contribution >= 0.6 is 0 Å². The van der Waals surface area contributed by atoms with Crippen molar-refractivity contribution in [1.82, 2.24) is 9.80 Å². The van der Waals surface area contributed by atoms with Crippen LogP contribution in [0.25, 0.3) is 0 Å². The van der Waals surface area contributed by atoms with Crippen LogP contribution in [0, 0.1) is 0 Å². The fraction of sp³-hybridized carbons (Fsp3) is 0.625. The second-order valence-electron chi connectivity index (χ2n) is 6.16. The van der Waals surface area contributed by atoms with E-state index in [0.29, 0.717) is 6.10 Å². The SMILES string of the molecule is CN1CCOC(CN(Cc2ccc(N)cc2)C2CC2)C1. The Morgan fingerprint density at radius 2 is 2.05 bits per heavy atom. The summed E-state index contributed by atoms with van der Waals surface area (Å²) in [5, 5.41) is 0. The van der Waals surface area contributed by atoms with Gasteiger partial charge in [0, 0.05) is 37.9 Å². The molecule has 1 unspecified atom stereocenters. The van der Waals surface area contributed by atoms with Crippen molar-refractivity contribution in [3.63, 3.8) is 0 Å². The molecular weight excluding hydrogens is 250 g/mol. The van der Waals surface area contributed by atoms with Gasteiger partial charge in [-0.1, -0.05) is 12.1 Å². The summed E-state index contributed by atoms with van der Waals surface area (Å²) in [5.41, 5.74) is 7.94. The Kier molecular flexibility index (Phi) is 4.24. The van der Waals surface area contributed by atoms with Crippen molar-refractivity contribution in [2.24, 2.45) is 0 Å². The first-order valence-electron chi connectivity index (χ1n) is 7.59. The molecule has 2 fully saturated rings. The summed E-state index contributed by atoms with van der Waals surface area (Å²) < 4.78 is 5.91. The summed E-state index contributed by atoms with van der Waals surface area (Å²) in [4.78, 5) is 4.94. The van der Waals surface area contributed by atoms with E-state index in [1.54, 1.807) is 0 Å². The molecule has 110 valence electrons. The van der Waals surface area contributed by atoms with E-state index in [4.69, 9.17) is 10.5 Å². The van der Waals surface area contributed by atoms with E-state index in [2.05, 4.69) is 29.0 Å². The Hall–Kier alpha value is -1.10. The molecule has 1 saturated carbocycles. The van der Waals surface area contributed by atoms with E-state index in [1.807, 2.05) is 12.1 Å². The number of anilines is 1. The summed E-state index contributed by atoms with van der Waals surface area (Å²) in [6.07, 6.45) is 3.01. The van der Waals surface area contributed by atoms with Crippen molar-refractivity contribution in [3.8, 4) is 0 Å². The molecule has 0 radical (unpaired) electrons. The lowest BCUT2D eigenvalue weighted by molar-refractivity contribution is -0.0379. The Labute approximate surface area is 121 Å². The van der Waals surface area contributed by atoms with Gasteiger partial charge in [-0.15, -0.1) is 0 Å². The Balaban J connectivity index is 1.59. The number of rotatable bonds is 5. The average Bonchev–Trinajstić information content (AvgIpc) is 3.25. The largest absolute Gasteiger partial charge is 0.399 e. The molecular formula is C16H25N3O. The van der Waals surface area contributed by atoms with E-state index in [-0.39, 0.29) is 0 Å². The van der Waals surface area contributed by atoms with Gasteiger partial charge >= 0.3 is 0 Å². The van der Waals surface area contributed by atoms with E-state index in [0.717, 1.165) is 44.5 Å². The van der Waals surface area contributed by atoms with E-state index in [9.17, 15) is 0 Å². The normalized spacial score (nSPS) is 24.2. The molecule has 1 aromatic carbocycles. The van der Waals surface area contributed by atoms with Crippen molar-refractivity contribution >= 4 is 5.69 Å². The lowest BCUT2D eigenvalue weighted by atomic mass is 10.1. The second-order valence-corrected chi connectivity index (χ2v) is 6.16. The first-order chi connectivity index (χ1) is 9.70. The predicted octanol–water partition coefficient (Wildman–Crippen LogP) is 1.56. The number of nitrogen functional groups attached to an aromatic ring is 1. The maximum atomic E-state index is 5.91. The van der Waals surface area contributed by atoms with E-state index in [1.165, 1.54) is 18.4 Å². The fourth-order valence-electron chi connectivity index (χ4n) is 2.88. The molecule has 1 aliphatic carbocycles. The van der Waals surface area contributed by atoms with Gasteiger partial charge in [0.05, 0.1) is 12.7 Å². The number of hydrogen-bond donors (Lipinski definition) is 1. The topological polar surface area (TPSA) is 41.7 Å². The van der Waals surface area contributed by atoms with Crippen LogP contribution in [0.15, 0.2) is 24.3 Å². The van der Waals surface area contributed by atoms with Crippen molar-refractivity contribution in [3.05, 3.63) is 29.8 Å². The molecule has 2 aliphatic rings. The highest BCUT2D eigenvalue weighted by atomic mass is 16.5. The van der Waals surface area contributed by atoms with E-state index < -0.39 is 0 Å². The number of likely N-dealkylation sites (N-methyl/N-ethyl adjacent to an activating group) is 1. The molecule has 0 bridgehead atoms. The highest BCUT2D eigenvalue weighted by Crippen LogP contribution is 2.29. The van der Waals surface area contributed by atoms with Crippen LogP contribution in [0.1, 0.15) is 18.4 Å². The van der Waals surface area contributed by atoms with Crippen LogP contribution in [0.3, 0.4) is 0 Å². The number of nitrogens with zero attached hydrogens (tertiary/aromatic N) is 2. The minimum atomic E-state index is 0.350. The smallest absolute Gasteiger partial charge is 0.0829 e. The molecule has 4 heteroatoms. The standard InChI is InChI=1S/C16H25N3O/c1-18-8-9-20-16(11-18)12-19(15-6-7-15)10-13-2-4-14(17)5-3-13/h2-5,15-16H,6-12,17H2,1H3. The van der Waals surface area contributed by atoms with Crippen molar-refractivity contribution in [1.29, 1.82) is 0 Å². The first-order valence-corrected chi connectivity index (χ1v) is 7.59. The lowest BCUT2D eigenvalue weighted by Crippen LogP contribution is -2.46. The first kappa shape index (κ1) is 13.9. The van der Waals surface area contributed by atoms with Crippen molar-refractivity contribution < 1.29 is 4.74 Å². The van der Waals surface area contributed by atoms with E-state index >= 15 is 0 Å². The third kappa shape index (κ3) is 3.72. The molecule has 1 saturated heterocycles. The zero-order valence-corrected chi connectivity index (χ0v) is 12.3. The predicted molar refractivity (Wildman–Crippen MR) is 81.5 cm³/mol. The van der Waals surface area contributed by atoms with Gasteiger partial charge in [0.15, 0.2) is 0 Å². The van der Waals surface area contributed by atoms with Gasteiger partial charge in [0.1, 0.15) is 0 Å². The number of hydrogen-bond acceptors (Lipinski definition) is 4. The van der Waals surface area contributed by atoms with Crippen molar-refractivity contribution in [2.45, 2.75) is 31.5 Å². The molecule has 1 aliphatic heterocycles. The summed E-state index contributed by atoms with van der Waals surface area (Å²) in [5.74, 6) is 0. The third-order valence-electron chi connectivity index (χ3n) is 4.21. The monoisotopic (exact) mass is 275 g/mol. The number of morpholine rings is 1. The molecule has 1 aromatic rings. The van der Waals surface area contributed by atoms with Gasteiger partial charge in [-0.25, -0.2) is 0 Å². The Bertz CT molecular complexity index is 430. The highest BCUT2D eigenvalue weighted by molar-refractivity contribution is 5.39. The maximum absolute atomic E-state index is 5.91. The zero-order chi connectivity index (χ0) is 13.9. The Morgan fingerprint density at radius 3 is 2.70 bits per heavy atom. The molecule has 2 N–H and O–H groups in total. The number of ether oxygens (including phenoxy) is 1. The number of nitrogens with two attached hydrogens (primary N) is 1. The van der Waals surface area contributed by atoms with Gasteiger partial charge in [0.2, 0.25) is 0 Å². The van der Waals surface area contributed by atoms with Gasteiger partial charge in [0.25, 0.3) is 0 Å².